The van der Waals surface area contributed by atoms with Crippen LogP contribution in [-0.4, -0.2) is 12.5 Å². The first-order chi connectivity index (χ1) is 7.24. The molecule has 5 nitrogen and oxygen atoms in total. The monoisotopic (exact) mass is 224 g/mol. The lowest BCUT2D eigenvalue weighted by Gasteiger charge is -2.04. The Hall–Kier alpha value is -1.71. The predicted octanol–water partition coefficient (Wildman–Crippen LogP) is 2.27. The SMILES string of the molecule is [N-]=[N+]=NCC(=O)NCc1ccccc1Cl. The van der Waals surface area contributed by atoms with Crippen LogP contribution in [0.4, 0.5) is 0 Å². The van der Waals surface area contributed by atoms with Gasteiger partial charge in [0, 0.05) is 16.5 Å². The summed E-state index contributed by atoms with van der Waals surface area (Å²) >= 11 is 5.88. The fourth-order valence-electron chi connectivity index (χ4n) is 0.987. The van der Waals surface area contributed by atoms with Crippen molar-refractivity contribution in [2.45, 2.75) is 6.54 Å². The molecule has 0 saturated carbocycles. The van der Waals surface area contributed by atoms with Gasteiger partial charge in [-0.25, -0.2) is 0 Å². The molecular weight excluding hydrogens is 216 g/mol. The van der Waals surface area contributed by atoms with Crippen LogP contribution in [0.3, 0.4) is 0 Å². The molecule has 6 heteroatoms. The van der Waals surface area contributed by atoms with Gasteiger partial charge in [-0.15, -0.1) is 0 Å². The van der Waals surface area contributed by atoms with E-state index < -0.39 is 0 Å². The maximum Gasteiger partial charge on any atom is 0.226 e. The largest absolute Gasteiger partial charge is 0.352 e. The van der Waals surface area contributed by atoms with Gasteiger partial charge < -0.3 is 5.32 Å². The second-order valence-electron chi connectivity index (χ2n) is 2.76. The maximum absolute atomic E-state index is 11.1. The van der Waals surface area contributed by atoms with E-state index in [-0.39, 0.29) is 12.5 Å². The Morgan fingerprint density at radius 3 is 2.93 bits per heavy atom. The number of carbonyl (C=O) groups excluding carboxylic acids is 1. The van der Waals surface area contributed by atoms with Gasteiger partial charge >= 0.3 is 0 Å². The lowest BCUT2D eigenvalue weighted by atomic mass is 10.2. The Kier molecular flexibility index (Phi) is 4.47. The number of halogens is 1. The third kappa shape index (κ3) is 3.89. The minimum absolute atomic E-state index is 0.193. The van der Waals surface area contributed by atoms with E-state index in [0.29, 0.717) is 11.6 Å². The Morgan fingerprint density at radius 2 is 2.27 bits per heavy atom. The quantitative estimate of drug-likeness (QED) is 0.475. The van der Waals surface area contributed by atoms with Crippen LogP contribution in [0.5, 0.6) is 0 Å². The van der Waals surface area contributed by atoms with Crippen molar-refractivity contribution in [3.8, 4) is 0 Å². The fraction of sp³-hybridized carbons (Fsp3) is 0.222. The van der Waals surface area contributed by atoms with Crippen LogP contribution in [0.2, 0.25) is 5.02 Å². The zero-order valence-electron chi connectivity index (χ0n) is 7.85. The van der Waals surface area contributed by atoms with E-state index in [0.717, 1.165) is 5.56 Å². The molecule has 1 N–H and O–H groups in total. The molecule has 0 aliphatic rings. The number of azide groups is 1. The molecule has 0 heterocycles. The molecule has 1 aromatic rings. The molecule has 0 radical (unpaired) electrons. The van der Waals surface area contributed by atoms with E-state index >= 15 is 0 Å². The number of hydrogen-bond acceptors (Lipinski definition) is 2. The summed E-state index contributed by atoms with van der Waals surface area (Å²) in [7, 11) is 0. The fourth-order valence-corrected chi connectivity index (χ4v) is 1.19. The summed E-state index contributed by atoms with van der Waals surface area (Å²) in [4.78, 5) is 13.6. The summed E-state index contributed by atoms with van der Waals surface area (Å²) < 4.78 is 0. The number of amides is 1. The van der Waals surface area contributed by atoms with Crippen LogP contribution in [0, 0.1) is 0 Å². The van der Waals surface area contributed by atoms with Gasteiger partial charge in [0.05, 0.1) is 0 Å². The van der Waals surface area contributed by atoms with Gasteiger partial charge in [0.1, 0.15) is 6.54 Å². The molecule has 0 atom stereocenters. The second kappa shape index (κ2) is 5.90. The molecule has 0 spiro atoms. The molecule has 0 aliphatic carbocycles. The zero-order valence-corrected chi connectivity index (χ0v) is 8.61. The van der Waals surface area contributed by atoms with Crippen LogP contribution in [0.1, 0.15) is 5.56 Å². The summed E-state index contributed by atoms with van der Waals surface area (Å²) in [6.45, 7) is 0.139. The molecule has 0 saturated heterocycles. The van der Waals surface area contributed by atoms with Gasteiger partial charge in [0.2, 0.25) is 5.91 Å². The van der Waals surface area contributed by atoms with Crippen LogP contribution in [-0.2, 0) is 11.3 Å². The Balaban J connectivity index is 2.47. The molecule has 78 valence electrons. The number of carbonyl (C=O) groups is 1. The smallest absolute Gasteiger partial charge is 0.226 e. The maximum atomic E-state index is 11.1. The van der Waals surface area contributed by atoms with Crippen molar-refractivity contribution in [1.82, 2.24) is 5.32 Å². The minimum Gasteiger partial charge on any atom is -0.352 e. The molecule has 0 fully saturated rings. The second-order valence-corrected chi connectivity index (χ2v) is 3.16. The number of benzene rings is 1. The van der Waals surface area contributed by atoms with Crippen LogP contribution in [0.25, 0.3) is 10.4 Å². The molecule has 15 heavy (non-hydrogen) atoms. The zero-order chi connectivity index (χ0) is 11.1. The van der Waals surface area contributed by atoms with E-state index in [1.807, 2.05) is 18.2 Å². The topological polar surface area (TPSA) is 77.9 Å². The molecule has 1 amide bonds. The molecule has 0 aromatic heterocycles. The van der Waals surface area contributed by atoms with Crippen LogP contribution in [0.15, 0.2) is 29.4 Å². The standard InChI is InChI=1S/C9H9ClN4O/c10-8-4-2-1-3-7(8)5-12-9(15)6-13-14-11/h1-4H,5-6H2,(H,12,15). The first kappa shape index (κ1) is 11.4. The highest BCUT2D eigenvalue weighted by atomic mass is 35.5. The van der Waals surface area contributed by atoms with Crippen molar-refractivity contribution in [2.24, 2.45) is 5.11 Å². The van der Waals surface area contributed by atoms with Gasteiger partial charge in [-0.05, 0) is 17.2 Å². The predicted molar refractivity (Wildman–Crippen MR) is 57.3 cm³/mol. The van der Waals surface area contributed by atoms with Crippen molar-refractivity contribution >= 4 is 17.5 Å². The highest BCUT2D eigenvalue weighted by Gasteiger charge is 2.01. The average molecular weight is 225 g/mol. The van der Waals surface area contributed by atoms with E-state index in [4.69, 9.17) is 17.1 Å². The highest BCUT2D eigenvalue weighted by molar-refractivity contribution is 6.31. The van der Waals surface area contributed by atoms with Crippen molar-refractivity contribution in [3.05, 3.63) is 45.3 Å². The molecule has 0 bridgehead atoms. The van der Waals surface area contributed by atoms with Gasteiger partial charge in [0.25, 0.3) is 0 Å². The lowest BCUT2D eigenvalue weighted by molar-refractivity contribution is -0.119. The number of hydrogen-bond donors (Lipinski definition) is 1. The lowest BCUT2D eigenvalue weighted by Crippen LogP contribution is -2.24. The Labute approximate surface area is 91.7 Å². The van der Waals surface area contributed by atoms with E-state index in [2.05, 4.69) is 15.3 Å². The Bertz CT molecular complexity index is 401. The minimum atomic E-state index is -0.326. The first-order valence-corrected chi connectivity index (χ1v) is 4.63. The van der Waals surface area contributed by atoms with Gasteiger partial charge in [-0.3, -0.25) is 4.79 Å². The third-order valence-electron chi connectivity index (χ3n) is 1.71. The van der Waals surface area contributed by atoms with E-state index in [1.54, 1.807) is 6.07 Å². The normalized spacial score (nSPS) is 9.13. The van der Waals surface area contributed by atoms with Crippen molar-refractivity contribution in [2.75, 3.05) is 6.54 Å². The molecule has 1 rings (SSSR count). The van der Waals surface area contributed by atoms with E-state index in [1.165, 1.54) is 0 Å². The summed E-state index contributed by atoms with van der Waals surface area (Å²) in [5, 5.41) is 6.33. The summed E-state index contributed by atoms with van der Waals surface area (Å²) in [6, 6.07) is 7.21. The Morgan fingerprint density at radius 1 is 1.53 bits per heavy atom. The first-order valence-electron chi connectivity index (χ1n) is 4.25. The molecule has 0 aliphatic heterocycles. The van der Waals surface area contributed by atoms with E-state index in [9.17, 15) is 4.79 Å². The van der Waals surface area contributed by atoms with Crippen LogP contribution >= 0.6 is 11.6 Å². The van der Waals surface area contributed by atoms with Crippen molar-refractivity contribution < 1.29 is 4.79 Å². The number of rotatable bonds is 4. The number of nitrogens with one attached hydrogen (secondary N) is 1. The highest BCUT2D eigenvalue weighted by Crippen LogP contribution is 2.13. The van der Waals surface area contributed by atoms with Gasteiger partial charge in [-0.1, -0.05) is 34.9 Å². The van der Waals surface area contributed by atoms with Gasteiger partial charge in [0.15, 0.2) is 0 Å². The van der Waals surface area contributed by atoms with Crippen molar-refractivity contribution in [3.63, 3.8) is 0 Å². The molecule has 1 aromatic carbocycles. The third-order valence-corrected chi connectivity index (χ3v) is 2.08. The summed E-state index contributed by atoms with van der Waals surface area (Å²) in [5.74, 6) is -0.326. The van der Waals surface area contributed by atoms with Crippen molar-refractivity contribution in [1.29, 1.82) is 0 Å². The molecule has 0 unspecified atom stereocenters. The average Bonchev–Trinajstić information content (AvgIpc) is 2.25. The number of nitrogens with zero attached hydrogens (tertiary/aromatic N) is 3. The molecular formula is C9H9ClN4O. The summed E-state index contributed by atoms with van der Waals surface area (Å²) in [5.41, 5.74) is 8.83. The van der Waals surface area contributed by atoms with Crippen LogP contribution < -0.4 is 5.32 Å². The van der Waals surface area contributed by atoms with Gasteiger partial charge in [-0.2, -0.15) is 0 Å². The summed E-state index contributed by atoms with van der Waals surface area (Å²) in [6.07, 6.45) is 0.